The third-order valence-electron chi connectivity index (χ3n) is 6.10. The molecule has 0 aliphatic carbocycles. The molecule has 3 nitrogen and oxygen atoms in total. The van der Waals surface area contributed by atoms with Crippen LogP contribution >= 0.6 is 0 Å². The maximum Gasteiger partial charge on any atom is 0.264 e. The Kier molecular flexibility index (Phi) is 4.67. The maximum atomic E-state index is 14.0. The van der Waals surface area contributed by atoms with Gasteiger partial charge in [-0.2, -0.15) is 0 Å². The fraction of sp³-hybridized carbons (Fsp3) is 0.111. The van der Waals surface area contributed by atoms with Crippen molar-refractivity contribution in [2.45, 2.75) is 23.8 Å². The predicted molar refractivity (Wildman–Crippen MR) is 127 cm³/mol. The normalized spacial score (nSPS) is 18.2. The zero-order chi connectivity index (χ0) is 21.6. The van der Waals surface area contributed by atoms with Crippen LogP contribution in [-0.4, -0.2) is 8.42 Å². The van der Waals surface area contributed by atoms with Gasteiger partial charge in [-0.05, 0) is 47.0 Å². The smallest absolute Gasteiger partial charge is 0.258 e. The first-order valence-electron chi connectivity index (χ1n) is 10.3. The number of benzene rings is 4. The molecule has 0 spiro atoms. The van der Waals surface area contributed by atoms with Crippen LogP contribution in [0.2, 0.25) is 0 Å². The summed E-state index contributed by atoms with van der Waals surface area (Å²) in [5, 5.41) is 2.14. The number of nitrogens with zero attached hydrogens (tertiary/aromatic N) is 1. The first-order chi connectivity index (χ1) is 15.0. The van der Waals surface area contributed by atoms with E-state index >= 15 is 0 Å². The SMILES string of the molecule is C=C[C@H]1c2ccccc2N(S(=O)(=O)c2ccc(C)cc2)[C@@H]1c1cccc2ccccc12. The van der Waals surface area contributed by atoms with Crippen LogP contribution in [0.5, 0.6) is 0 Å². The van der Waals surface area contributed by atoms with Gasteiger partial charge in [-0.3, -0.25) is 4.31 Å². The lowest BCUT2D eigenvalue weighted by Crippen LogP contribution is -2.33. The monoisotopic (exact) mass is 425 g/mol. The second-order valence-corrected chi connectivity index (χ2v) is 9.76. The Labute approximate surface area is 183 Å². The molecule has 0 radical (unpaired) electrons. The molecule has 154 valence electrons. The fourth-order valence-corrected chi connectivity index (χ4v) is 6.30. The van der Waals surface area contributed by atoms with E-state index in [9.17, 15) is 8.42 Å². The molecule has 4 heteroatoms. The van der Waals surface area contributed by atoms with Crippen LogP contribution in [0.4, 0.5) is 5.69 Å². The summed E-state index contributed by atoms with van der Waals surface area (Å²) < 4.78 is 29.6. The standard InChI is InChI=1S/C27H23NO2S/c1-3-22-24-12-6-7-14-26(24)28(31(29,30)21-17-15-19(2)16-18-21)27(22)25-13-8-10-20-9-4-5-11-23(20)25/h3-18,22,27H,1H2,2H3/t22-,27-/m0/s1. The zero-order valence-corrected chi connectivity index (χ0v) is 18.1. The molecule has 0 saturated heterocycles. The van der Waals surface area contributed by atoms with Gasteiger partial charge >= 0.3 is 0 Å². The number of fused-ring (bicyclic) bond motifs is 2. The van der Waals surface area contributed by atoms with Gasteiger partial charge in [0, 0.05) is 5.92 Å². The third kappa shape index (κ3) is 3.06. The molecule has 5 rings (SSSR count). The lowest BCUT2D eigenvalue weighted by atomic mass is 9.88. The molecule has 4 aromatic carbocycles. The first kappa shape index (κ1) is 19.6. The molecule has 0 bridgehead atoms. The van der Waals surface area contributed by atoms with E-state index in [0.29, 0.717) is 10.6 Å². The van der Waals surface area contributed by atoms with E-state index < -0.39 is 16.1 Å². The van der Waals surface area contributed by atoms with Crippen LogP contribution in [0.3, 0.4) is 0 Å². The Balaban J connectivity index is 1.79. The second kappa shape index (κ2) is 7.40. The molecule has 0 saturated carbocycles. The zero-order valence-electron chi connectivity index (χ0n) is 17.3. The van der Waals surface area contributed by atoms with Gasteiger partial charge in [0.25, 0.3) is 10.0 Å². The van der Waals surface area contributed by atoms with Gasteiger partial charge in [0.1, 0.15) is 0 Å². The van der Waals surface area contributed by atoms with E-state index in [2.05, 4.69) is 24.8 Å². The van der Waals surface area contributed by atoms with Gasteiger partial charge in [-0.25, -0.2) is 8.42 Å². The fourth-order valence-electron chi connectivity index (χ4n) is 4.62. The van der Waals surface area contributed by atoms with Gasteiger partial charge < -0.3 is 0 Å². The van der Waals surface area contributed by atoms with E-state index in [-0.39, 0.29) is 5.92 Å². The van der Waals surface area contributed by atoms with Crippen molar-refractivity contribution >= 4 is 26.5 Å². The number of hydrogen-bond donors (Lipinski definition) is 0. The largest absolute Gasteiger partial charge is 0.264 e. The summed E-state index contributed by atoms with van der Waals surface area (Å²) in [4.78, 5) is 0.294. The van der Waals surface area contributed by atoms with Crippen molar-refractivity contribution in [2.75, 3.05) is 4.31 Å². The predicted octanol–water partition coefficient (Wildman–Crippen LogP) is 6.37. The number of rotatable bonds is 4. The summed E-state index contributed by atoms with van der Waals surface area (Å²) >= 11 is 0. The van der Waals surface area contributed by atoms with Crippen molar-refractivity contribution in [1.82, 2.24) is 0 Å². The number of aryl methyl sites for hydroxylation is 1. The molecule has 1 aliphatic rings. The highest BCUT2D eigenvalue weighted by atomic mass is 32.2. The number of sulfonamides is 1. The number of para-hydroxylation sites is 1. The van der Waals surface area contributed by atoms with E-state index in [0.717, 1.165) is 27.5 Å². The first-order valence-corrected chi connectivity index (χ1v) is 11.8. The molecule has 2 atom stereocenters. The van der Waals surface area contributed by atoms with Gasteiger partial charge in [0.2, 0.25) is 0 Å². The van der Waals surface area contributed by atoms with Crippen molar-refractivity contribution in [1.29, 1.82) is 0 Å². The highest BCUT2D eigenvalue weighted by Crippen LogP contribution is 2.52. The van der Waals surface area contributed by atoms with Crippen molar-refractivity contribution < 1.29 is 8.42 Å². The minimum absolute atomic E-state index is 0.151. The van der Waals surface area contributed by atoms with Crippen LogP contribution < -0.4 is 4.31 Å². The minimum atomic E-state index is -3.79. The molecule has 4 aromatic rings. The summed E-state index contributed by atoms with van der Waals surface area (Å²) in [6.45, 7) is 6.03. The molecule has 1 aliphatic heterocycles. The lowest BCUT2D eigenvalue weighted by Gasteiger charge is -2.30. The van der Waals surface area contributed by atoms with Crippen LogP contribution in [0.15, 0.2) is 109 Å². The van der Waals surface area contributed by atoms with E-state index in [4.69, 9.17) is 0 Å². The van der Waals surface area contributed by atoms with Crippen LogP contribution in [-0.2, 0) is 10.0 Å². The van der Waals surface area contributed by atoms with Gasteiger partial charge in [-0.15, -0.1) is 6.58 Å². The molecule has 0 fully saturated rings. The van der Waals surface area contributed by atoms with Crippen molar-refractivity contribution in [3.05, 3.63) is 120 Å². The Morgan fingerprint density at radius 2 is 1.45 bits per heavy atom. The molecule has 0 amide bonds. The average Bonchev–Trinajstić information content (AvgIpc) is 3.14. The highest BCUT2D eigenvalue weighted by Gasteiger charge is 2.44. The topological polar surface area (TPSA) is 37.4 Å². The highest BCUT2D eigenvalue weighted by molar-refractivity contribution is 7.92. The summed E-state index contributed by atoms with van der Waals surface area (Å²) in [5.41, 5.74) is 3.70. The quantitative estimate of drug-likeness (QED) is 0.356. The average molecular weight is 426 g/mol. The Bertz CT molecular complexity index is 1390. The van der Waals surface area contributed by atoms with Crippen LogP contribution in [0.25, 0.3) is 10.8 Å². The van der Waals surface area contributed by atoms with Gasteiger partial charge in [0.05, 0.1) is 16.6 Å². The molecule has 31 heavy (non-hydrogen) atoms. The molecule has 0 unspecified atom stereocenters. The summed E-state index contributed by atoms with van der Waals surface area (Å²) in [7, 11) is -3.79. The van der Waals surface area contributed by atoms with Crippen molar-refractivity contribution in [2.24, 2.45) is 0 Å². The van der Waals surface area contributed by atoms with Crippen molar-refractivity contribution in [3.8, 4) is 0 Å². The summed E-state index contributed by atoms with van der Waals surface area (Å²) in [5.74, 6) is -0.151. The van der Waals surface area contributed by atoms with Gasteiger partial charge in [-0.1, -0.05) is 84.4 Å². The second-order valence-electron chi connectivity index (χ2n) is 7.95. The van der Waals surface area contributed by atoms with E-state index in [1.54, 1.807) is 16.4 Å². The molecule has 1 heterocycles. The van der Waals surface area contributed by atoms with E-state index in [1.807, 2.05) is 73.7 Å². The lowest BCUT2D eigenvalue weighted by molar-refractivity contribution is 0.577. The third-order valence-corrected chi connectivity index (χ3v) is 7.91. The Morgan fingerprint density at radius 3 is 2.23 bits per heavy atom. The van der Waals surface area contributed by atoms with Crippen molar-refractivity contribution in [3.63, 3.8) is 0 Å². The maximum absolute atomic E-state index is 14.0. The molecule has 0 N–H and O–H groups in total. The molecular formula is C27H23NO2S. The molecule has 0 aromatic heterocycles. The minimum Gasteiger partial charge on any atom is -0.258 e. The number of anilines is 1. The number of hydrogen-bond acceptors (Lipinski definition) is 2. The van der Waals surface area contributed by atoms with E-state index in [1.165, 1.54) is 0 Å². The molecular weight excluding hydrogens is 402 g/mol. The summed E-state index contributed by atoms with van der Waals surface area (Å²) in [6.07, 6.45) is 1.87. The van der Waals surface area contributed by atoms with Crippen LogP contribution in [0, 0.1) is 6.92 Å². The van der Waals surface area contributed by atoms with Gasteiger partial charge in [0.15, 0.2) is 0 Å². The Morgan fingerprint density at radius 1 is 0.806 bits per heavy atom. The Hall–Kier alpha value is -3.37. The summed E-state index contributed by atoms with van der Waals surface area (Å²) in [6, 6.07) is 28.6. The van der Waals surface area contributed by atoms with Crippen LogP contribution in [0.1, 0.15) is 28.7 Å².